The smallest absolute Gasteiger partial charge is 0.0106 e. The van der Waals surface area contributed by atoms with Crippen molar-refractivity contribution in [1.82, 2.24) is 0 Å². The maximum Gasteiger partial charge on any atom is -0.0106 e. The van der Waals surface area contributed by atoms with Crippen LogP contribution in [0.25, 0.3) is 11.1 Å². The van der Waals surface area contributed by atoms with Crippen molar-refractivity contribution in [3.63, 3.8) is 0 Å². The van der Waals surface area contributed by atoms with Crippen LogP contribution in [0.1, 0.15) is 38.3 Å². The highest BCUT2D eigenvalue weighted by Crippen LogP contribution is 2.29. The molecule has 0 atom stereocenters. The highest BCUT2D eigenvalue weighted by molar-refractivity contribution is 5.64. The molecule has 0 aliphatic heterocycles. The van der Waals surface area contributed by atoms with Gasteiger partial charge in [-0.05, 0) is 35.4 Å². The van der Waals surface area contributed by atoms with Crippen LogP contribution in [0.5, 0.6) is 0 Å². The fourth-order valence-electron chi connectivity index (χ4n) is 2.06. The summed E-state index contributed by atoms with van der Waals surface area (Å²) in [6, 6.07) is 17.7. The van der Waals surface area contributed by atoms with E-state index >= 15 is 0 Å². The molecule has 0 bridgehead atoms. The van der Waals surface area contributed by atoms with E-state index in [9.17, 15) is 0 Å². The number of hydrogen-bond acceptors (Lipinski definition) is 0. The van der Waals surface area contributed by atoms with E-state index in [-0.39, 0.29) is 5.41 Å². The van der Waals surface area contributed by atoms with E-state index in [1.807, 2.05) is 0 Å². The zero-order valence-electron chi connectivity index (χ0n) is 11.8. The molecule has 0 saturated carbocycles. The van der Waals surface area contributed by atoms with E-state index in [4.69, 9.17) is 0 Å². The molecule has 0 nitrogen and oxygen atoms in total. The first-order valence-electron chi connectivity index (χ1n) is 6.70. The number of aryl methyl sites for hydroxylation is 1. The quantitative estimate of drug-likeness (QED) is 0.676. The molecule has 0 aliphatic rings. The van der Waals surface area contributed by atoms with Crippen LogP contribution in [-0.2, 0) is 5.41 Å². The predicted molar refractivity (Wildman–Crippen MR) is 79.9 cm³/mol. The van der Waals surface area contributed by atoms with E-state index in [2.05, 4.69) is 76.2 Å². The Bertz CT molecular complexity index is 501. The molecule has 0 heterocycles. The lowest BCUT2D eigenvalue weighted by Gasteiger charge is -2.23. The first-order chi connectivity index (χ1) is 8.53. The van der Waals surface area contributed by atoms with Crippen LogP contribution in [0.15, 0.2) is 48.5 Å². The zero-order chi connectivity index (χ0) is 13.2. The zero-order valence-corrected chi connectivity index (χ0v) is 11.8. The van der Waals surface area contributed by atoms with Gasteiger partial charge in [0.2, 0.25) is 0 Å². The van der Waals surface area contributed by atoms with Gasteiger partial charge >= 0.3 is 0 Å². The minimum absolute atomic E-state index is 0.270. The Morgan fingerprint density at radius 2 is 1.22 bits per heavy atom. The molecule has 2 aromatic carbocycles. The van der Waals surface area contributed by atoms with Gasteiger partial charge < -0.3 is 0 Å². The summed E-state index contributed by atoms with van der Waals surface area (Å²) >= 11 is 0. The van der Waals surface area contributed by atoms with Gasteiger partial charge in [0.05, 0.1) is 0 Å². The molecule has 2 aromatic rings. The monoisotopic (exact) mass is 238 g/mol. The van der Waals surface area contributed by atoms with Crippen molar-refractivity contribution in [2.75, 3.05) is 0 Å². The molecule has 0 heteroatoms. The number of rotatable bonds is 3. The Kier molecular flexibility index (Phi) is 3.56. The Labute approximate surface area is 111 Å². The molecule has 0 unspecified atom stereocenters. The van der Waals surface area contributed by atoms with Crippen LogP contribution in [0.3, 0.4) is 0 Å². The van der Waals surface area contributed by atoms with Crippen molar-refractivity contribution in [3.05, 3.63) is 59.7 Å². The molecule has 0 aliphatic carbocycles. The lowest BCUT2D eigenvalue weighted by Crippen LogP contribution is -2.14. The van der Waals surface area contributed by atoms with Crippen molar-refractivity contribution in [1.29, 1.82) is 0 Å². The lowest BCUT2D eigenvalue weighted by atomic mass is 9.82. The van der Waals surface area contributed by atoms with Gasteiger partial charge in [0.25, 0.3) is 0 Å². The summed E-state index contributed by atoms with van der Waals surface area (Å²) < 4.78 is 0. The van der Waals surface area contributed by atoms with E-state index in [0.717, 1.165) is 6.42 Å². The Balaban J connectivity index is 2.30. The van der Waals surface area contributed by atoms with Crippen molar-refractivity contribution >= 4 is 0 Å². The van der Waals surface area contributed by atoms with Gasteiger partial charge in [-0.2, -0.15) is 0 Å². The first-order valence-corrected chi connectivity index (χ1v) is 6.70. The molecular weight excluding hydrogens is 216 g/mol. The van der Waals surface area contributed by atoms with Crippen LogP contribution in [0.4, 0.5) is 0 Å². The summed E-state index contributed by atoms with van der Waals surface area (Å²) in [5.74, 6) is 0. The second kappa shape index (κ2) is 4.97. The topological polar surface area (TPSA) is 0 Å². The fourth-order valence-corrected chi connectivity index (χ4v) is 2.06. The molecule has 0 aromatic heterocycles. The molecule has 0 amide bonds. The number of benzene rings is 2. The molecule has 18 heavy (non-hydrogen) atoms. The summed E-state index contributed by atoms with van der Waals surface area (Å²) in [5, 5.41) is 0. The van der Waals surface area contributed by atoms with Crippen molar-refractivity contribution < 1.29 is 0 Å². The third kappa shape index (κ3) is 2.64. The van der Waals surface area contributed by atoms with Gasteiger partial charge in [-0.1, -0.05) is 74.9 Å². The molecule has 0 fully saturated rings. The molecular formula is C18H22. The van der Waals surface area contributed by atoms with Gasteiger partial charge in [0, 0.05) is 0 Å². The molecule has 0 N–H and O–H groups in total. The maximum atomic E-state index is 2.30. The van der Waals surface area contributed by atoms with Crippen molar-refractivity contribution in [3.8, 4) is 11.1 Å². The first kappa shape index (κ1) is 12.9. The van der Waals surface area contributed by atoms with Gasteiger partial charge in [-0.3, -0.25) is 0 Å². The van der Waals surface area contributed by atoms with Crippen molar-refractivity contribution in [2.45, 2.75) is 39.5 Å². The summed E-state index contributed by atoms with van der Waals surface area (Å²) in [6.07, 6.45) is 1.16. The molecule has 94 valence electrons. The average Bonchev–Trinajstić information content (AvgIpc) is 2.40. The van der Waals surface area contributed by atoms with Crippen LogP contribution in [-0.4, -0.2) is 0 Å². The maximum absolute atomic E-state index is 2.30. The summed E-state index contributed by atoms with van der Waals surface area (Å²) in [5.41, 5.74) is 5.58. The summed E-state index contributed by atoms with van der Waals surface area (Å²) in [4.78, 5) is 0. The SMILES string of the molecule is CCC(C)(C)c1ccc(-c2ccc(C)cc2)cc1. The summed E-state index contributed by atoms with van der Waals surface area (Å²) in [6.45, 7) is 8.96. The Morgan fingerprint density at radius 3 is 1.67 bits per heavy atom. The Hall–Kier alpha value is -1.56. The fraction of sp³-hybridized carbons (Fsp3) is 0.333. The van der Waals surface area contributed by atoms with Crippen LogP contribution in [0, 0.1) is 6.92 Å². The van der Waals surface area contributed by atoms with Gasteiger partial charge in [0.1, 0.15) is 0 Å². The molecule has 0 spiro atoms. The Morgan fingerprint density at radius 1 is 0.778 bits per heavy atom. The van der Waals surface area contributed by atoms with E-state index < -0.39 is 0 Å². The largest absolute Gasteiger partial charge is 0.0646 e. The van der Waals surface area contributed by atoms with E-state index in [1.54, 1.807) is 0 Å². The minimum Gasteiger partial charge on any atom is -0.0646 e. The van der Waals surface area contributed by atoms with Gasteiger partial charge in [-0.25, -0.2) is 0 Å². The van der Waals surface area contributed by atoms with E-state index in [1.165, 1.54) is 22.3 Å². The average molecular weight is 238 g/mol. The highest BCUT2D eigenvalue weighted by atomic mass is 14.2. The predicted octanol–water partition coefficient (Wildman–Crippen LogP) is 5.35. The second-order valence-corrected chi connectivity index (χ2v) is 5.68. The molecule has 2 rings (SSSR count). The third-order valence-electron chi connectivity index (χ3n) is 3.94. The highest BCUT2D eigenvalue weighted by Gasteiger charge is 2.17. The van der Waals surface area contributed by atoms with E-state index in [0.29, 0.717) is 0 Å². The standard InChI is InChI=1S/C18H22/c1-5-18(3,4)17-12-10-16(11-13-17)15-8-6-14(2)7-9-15/h6-13H,5H2,1-4H3. The van der Waals surface area contributed by atoms with Crippen LogP contribution in [0.2, 0.25) is 0 Å². The van der Waals surface area contributed by atoms with Gasteiger partial charge in [-0.15, -0.1) is 0 Å². The molecule has 0 saturated heterocycles. The summed E-state index contributed by atoms with van der Waals surface area (Å²) in [7, 11) is 0. The molecule has 0 radical (unpaired) electrons. The third-order valence-corrected chi connectivity index (χ3v) is 3.94. The normalized spacial score (nSPS) is 11.6. The second-order valence-electron chi connectivity index (χ2n) is 5.68. The number of hydrogen-bond donors (Lipinski definition) is 0. The van der Waals surface area contributed by atoms with Crippen LogP contribution >= 0.6 is 0 Å². The lowest BCUT2D eigenvalue weighted by molar-refractivity contribution is 0.506. The minimum atomic E-state index is 0.270. The van der Waals surface area contributed by atoms with Crippen LogP contribution < -0.4 is 0 Å². The van der Waals surface area contributed by atoms with Gasteiger partial charge in [0.15, 0.2) is 0 Å². The van der Waals surface area contributed by atoms with Crippen molar-refractivity contribution in [2.24, 2.45) is 0 Å².